The Morgan fingerprint density at radius 3 is 2.50 bits per heavy atom. The normalized spacial score (nSPS) is 25.8. The fourth-order valence-electron chi connectivity index (χ4n) is 4.19. The van der Waals surface area contributed by atoms with Crippen LogP contribution in [0.2, 0.25) is 0 Å². The Bertz CT molecular complexity index is 541. The van der Waals surface area contributed by atoms with E-state index in [2.05, 4.69) is 4.90 Å². The number of hydrogen-bond donors (Lipinski definition) is 1. The van der Waals surface area contributed by atoms with Gasteiger partial charge in [-0.05, 0) is 44.8 Å². The number of hydrogen-bond acceptors (Lipinski definition) is 4. The second-order valence-corrected chi connectivity index (χ2v) is 7.40. The third-order valence-electron chi connectivity index (χ3n) is 5.58. The van der Waals surface area contributed by atoms with Crippen LogP contribution in [0.5, 0.6) is 0 Å². The molecule has 0 spiro atoms. The van der Waals surface area contributed by atoms with E-state index in [9.17, 15) is 9.90 Å². The SMILES string of the molecule is CN1CCC[C@H](OC(=O)[C@@](O)(c2ccccc2)C2CCCCC2)C1. The minimum atomic E-state index is -1.52. The summed E-state index contributed by atoms with van der Waals surface area (Å²) in [5, 5.41) is 11.5. The van der Waals surface area contributed by atoms with Crippen LogP contribution < -0.4 is 0 Å². The summed E-state index contributed by atoms with van der Waals surface area (Å²) in [5.74, 6) is -0.511. The molecule has 0 unspecified atom stereocenters. The van der Waals surface area contributed by atoms with Crippen LogP contribution >= 0.6 is 0 Å². The minimum Gasteiger partial charge on any atom is -0.459 e. The van der Waals surface area contributed by atoms with Crippen LogP contribution in [-0.4, -0.2) is 42.2 Å². The molecule has 1 aromatic carbocycles. The highest BCUT2D eigenvalue weighted by Gasteiger charge is 2.47. The standard InChI is InChI=1S/C20H29NO3/c1-21-14-8-13-18(15-21)24-19(22)20(23,16-9-4-2-5-10-16)17-11-6-3-7-12-17/h2,4-5,9-10,17-18,23H,3,6-8,11-15H2,1H3/t18-,20+/m0/s1. The van der Waals surface area contributed by atoms with E-state index in [-0.39, 0.29) is 12.0 Å². The summed E-state index contributed by atoms with van der Waals surface area (Å²) in [6.07, 6.45) is 6.88. The first-order chi connectivity index (χ1) is 11.6. The average molecular weight is 331 g/mol. The second-order valence-electron chi connectivity index (χ2n) is 7.40. The van der Waals surface area contributed by atoms with Gasteiger partial charge in [0.05, 0.1) is 0 Å². The van der Waals surface area contributed by atoms with Crippen LogP contribution in [0.15, 0.2) is 30.3 Å². The molecule has 1 N–H and O–H groups in total. The summed E-state index contributed by atoms with van der Waals surface area (Å²) in [7, 11) is 2.05. The number of likely N-dealkylation sites (tertiary alicyclic amines) is 1. The molecule has 1 aromatic rings. The molecule has 1 saturated carbocycles. The van der Waals surface area contributed by atoms with Crippen molar-refractivity contribution in [2.24, 2.45) is 5.92 Å². The highest BCUT2D eigenvalue weighted by Crippen LogP contribution is 2.40. The van der Waals surface area contributed by atoms with Gasteiger partial charge in [-0.25, -0.2) is 4.79 Å². The number of piperidine rings is 1. The van der Waals surface area contributed by atoms with E-state index in [0.29, 0.717) is 5.56 Å². The maximum absolute atomic E-state index is 13.0. The lowest BCUT2D eigenvalue weighted by Gasteiger charge is -2.38. The number of aliphatic hydroxyl groups is 1. The molecule has 4 heteroatoms. The monoisotopic (exact) mass is 331 g/mol. The molecule has 1 aliphatic heterocycles. The third kappa shape index (κ3) is 3.65. The van der Waals surface area contributed by atoms with Crippen molar-refractivity contribution >= 4 is 5.97 Å². The van der Waals surface area contributed by atoms with Gasteiger partial charge in [0.25, 0.3) is 0 Å². The second kappa shape index (κ2) is 7.66. The highest BCUT2D eigenvalue weighted by atomic mass is 16.6. The van der Waals surface area contributed by atoms with Crippen molar-refractivity contribution in [3.63, 3.8) is 0 Å². The zero-order valence-corrected chi connectivity index (χ0v) is 14.6. The molecular weight excluding hydrogens is 302 g/mol. The fourth-order valence-corrected chi connectivity index (χ4v) is 4.19. The van der Waals surface area contributed by atoms with Gasteiger partial charge in [-0.1, -0.05) is 49.6 Å². The first-order valence-corrected chi connectivity index (χ1v) is 9.28. The van der Waals surface area contributed by atoms with Crippen LogP contribution in [-0.2, 0) is 15.1 Å². The van der Waals surface area contributed by atoms with Gasteiger partial charge >= 0.3 is 5.97 Å². The van der Waals surface area contributed by atoms with Crippen molar-refractivity contribution in [3.8, 4) is 0 Å². The molecule has 0 radical (unpaired) electrons. The van der Waals surface area contributed by atoms with E-state index in [0.717, 1.165) is 51.6 Å². The van der Waals surface area contributed by atoms with Gasteiger partial charge in [0.2, 0.25) is 0 Å². The van der Waals surface area contributed by atoms with Crippen LogP contribution in [0.4, 0.5) is 0 Å². The molecule has 4 nitrogen and oxygen atoms in total. The Labute approximate surface area is 144 Å². The van der Waals surface area contributed by atoms with Gasteiger partial charge in [0, 0.05) is 12.5 Å². The predicted octanol–water partition coefficient (Wildman–Crippen LogP) is 3.09. The highest BCUT2D eigenvalue weighted by molar-refractivity contribution is 5.81. The predicted molar refractivity (Wildman–Crippen MR) is 93.5 cm³/mol. The van der Waals surface area contributed by atoms with Gasteiger partial charge in [0.1, 0.15) is 6.10 Å². The number of benzene rings is 1. The molecule has 1 saturated heterocycles. The molecule has 1 heterocycles. The molecule has 24 heavy (non-hydrogen) atoms. The topological polar surface area (TPSA) is 49.8 Å². The lowest BCUT2D eigenvalue weighted by atomic mass is 9.73. The van der Waals surface area contributed by atoms with Gasteiger partial charge in [-0.3, -0.25) is 0 Å². The van der Waals surface area contributed by atoms with Gasteiger partial charge < -0.3 is 14.7 Å². The maximum Gasteiger partial charge on any atom is 0.343 e. The molecule has 2 aliphatic rings. The van der Waals surface area contributed by atoms with Crippen LogP contribution in [0.25, 0.3) is 0 Å². The van der Waals surface area contributed by atoms with Gasteiger partial charge in [-0.2, -0.15) is 0 Å². The summed E-state index contributed by atoms with van der Waals surface area (Å²) in [5.41, 5.74) is -0.844. The third-order valence-corrected chi connectivity index (χ3v) is 5.58. The fraction of sp³-hybridized carbons (Fsp3) is 0.650. The van der Waals surface area contributed by atoms with E-state index >= 15 is 0 Å². The Morgan fingerprint density at radius 2 is 1.83 bits per heavy atom. The molecule has 0 bridgehead atoms. The van der Waals surface area contributed by atoms with Crippen LogP contribution in [0.3, 0.4) is 0 Å². The van der Waals surface area contributed by atoms with E-state index < -0.39 is 11.6 Å². The lowest BCUT2D eigenvalue weighted by Crippen LogP contribution is -2.48. The van der Waals surface area contributed by atoms with Crippen molar-refractivity contribution in [2.75, 3.05) is 20.1 Å². The summed E-state index contributed by atoms with van der Waals surface area (Å²) in [6.45, 7) is 1.79. The molecule has 0 aromatic heterocycles. The van der Waals surface area contributed by atoms with E-state index in [1.54, 1.807) is 0 Å². The van der Waals surface area contributed by atoms with Crippen molar-refractivity contribution in [2.45, 2.75) is 56.7 Å². The number of rotatable bonds is 4. The van der Waals surface area contributed by atoms with E-state index in [1.165, 1.54) is 6.42 Å². The Hall–Kier alpha value is -1.39. The largest absolute Gasteiger partial charge is 0.459 e. The summed E-state index contributed by atoms with van der Waals surface area (Å²) < 4.78 is 5.80. The number of carbonyl (C=O) groups is 1. The molecule has 1 aliphatic carbocycles. The molecule has 132 valence electrons. The van der Waals surface area contributed by atoms with Crippen molar-refractivity contribution in [1.82, 2.24) is 4.90 Å². The van der Waals surface area contributed by atoms with Gasteiger partial charge in [0.15, 0.2) is 5.60 Å². The summed E-state index contributed by atoms with van der Waals surface area (Å²) in [4.78, 5) is 15.2. The molecule has 0 amide bonds. The van der Waals surface area contributed by atoms with Crippen LogP contribution in [0.1, 0.15) is 50.5 Å². The smallest absolute Gasteiger partial charge is 0.343 e. The van der Waals surface area contributed by atoms with Crippen molar-refractivity contribution < 1.29 is 14.6 Å². The summed E-state index contributed by atoms with van der Waals surface area (Å²) >= 11 is 0. The Kier molecular flexibility index (Phi) is 5.57. The molecule has 3 rings (SSSR count). The lowest BCUT2D eigenvalue weighted by molar-refractivity contribution is -0.183. The maximum atomic E-state index is 13.0. The number of carbonyl (C=O) groups excluding carboxylic acids is 1. The van der Waals surface area contributed by atoms with Crippen molar-refractivity contribution in [1.29, 1.82) is 0 Å². The van der Waals surface area contributed by atoms with E-state index in [4.69, 9.17) is 4.74 Å². The quantitative estimate of drug-likeness (QED) is 0.862. The minimum absolute atomic E-state index is 0.0533. The number of nitrogens with zero attached hydrogens (tertiary/aromatic N) is 1. The average Bonchev–Trinajstić information content (AvgIpc) is 2.62. The first kappa shape index (κ1) is 17.4. The summed E-state index contributed by atoms with van der Waals surface area (Å²) in [6, 6.07) is 9.37. The van der Waals surface area contributed by atoms with E-state index in [1.807, 2.05) is 37.4 Å². The first-order valence-electron chi connectivity index (χ1n) is 9.28. The number of ether oxygens (including phenoxy) is 1. The molecule has 2 atom stereocenters. The van der Waals surface area contributed by atoms with Crippen molar-refractivity contribution in [3.05, 3.63) is 35.9 Å². The molecule has 2 fully saturated rings. The van der Waals surface area contributed by atoms with Gasteiger partial charge in [-0.15, -0.1) is 0 Å². The Morgan fingerprint density at radius 1 is 1.12 bits per heavy atom. The zero-order chi connectivity index (χ0) is 17.0. The molecular formula is C20H29NO3. The zero-order valence-electron chi connectivity index (χ0n) is 14.6. The number of likely N-dealkylation sites (N-methyl/N-ethyl adjacent to an activating group) is 1. The van der Waals surface area contributed by atoms with Crippen LogP contribution in [0, 0.1) is 5.92 Å². The Balaban J connectivity index is 1.82. The number of esters is 1.